The monoisotopic (exact) mass is 284 g/mol. The fourth-order valence-electron chi connectivity index (χ4n) is 2.16. The van der Waals surface area contributed by atoms with Crippen LogP contribution >= 0.6 is 0 Å². The quantitative estimate of drug-likeness (QED) is 0.856. The number of carbonyl (C=O) groups is 1. The van der Waals surface area contributed by atoms with Crippen LogP contribution in [0.15, 0.2) is 48.7 Å². The van der Waals surface area contributed by atoms with Crippen LogP contribution in [-0.2, 0) is 11.2 Å². The first-order chi connectivity index (χ1) is 10.2. The summed E-state index contributed by atoms with van der Waals surface area (Å²) in [5.41, 5.74) is 2.40. The second-order valence-corrected chi connectivity index (χ2v) is 4.99. The van der Waals surface area contributed by atoms with Crippen LogP contribution in [0.2, 0.25) is 0 Å². The normalized spacial score (nSPS) is 11.9. The number of aromatic nitrogens is 1. The number of benzene rings is 1. The van der Waals surface area contributed by atoms with Crippen molar-refractivity contribution in [3.8, 4) is 0 Å². The summed E-state index contributed by atoms with van der Waals surface area (Å²) < 4.78 is 0. The van der Waals surface area contributed by atoms with Crippen molar-refractivity contribution in [1.82, 2.24) is 4.98 Å². The summed E-state index contributed by atoms with van der Waals surface area (Å²) in [7, 11) is 0. The molecule has 0 aliphatic carbocycles. The Bertz CT molecular complexity index is 582. The number of carbonyl (C=O) groups excluding carboxylic acids is 1. The lowest BCUT2D eigenvalue weighted by atomic mass is 10.1. The highest BCUT2D eigenvalue weighted by atomic mass is 16.3. The molecule has 0 aliphatic rings. The third-order valence-corrected chi connectivity index (χ3v) is 3.25. The molecule has 0 fully saturated rings. The molecule has 2 N–H and O–H groups in total. The van der Waals surface area contributed by atoms with Crippen molar-refractivity contribution in [2.24, 2.45) is 0 Å². The molecule has 0 aliphatic heterocycles. The SMILES string of the molecule is CC(O)c1ccccc1NC(=O)CCCc1ccccn1. The summed E-state index contributed by atoms with van der Waals surface area (Å²) in [4.78, 5) is 16.2. The Morgan fingerprint density at radius 2 is 2.00 bits per heavy atom. The number of aliphatic hydroxyl groups excluding tert-OH is 1. The zero-order chi connectivity index (χ0) is 15.1. The minimum Gasteiger partial charge on any atom is -0.389 e. The molecule has 4 nitrogen and oxygen atoms in total. The lowest BCUT2D eigenvalue weighted by molar-refractivity contribution is -0.116. The van der Waals surface area contributed by atoms with Crippen molar-refractivity contribution in [1.29, 1.82) is 0 Å². The molecule has 1 heterocycles. The van der Waals surface area contributed by atoms with E-state index in [0.717, 1.165) is 24.1 Å². The second kappa shape index (κ2) is 7.55. The van der Waals surface area contributed by atoms with E-state index in [-0.39, 0.29) is 5.91 Å². The summed E-state index contributed by atoms with van der Waals surface area (Å²) in [5.74, 6) is -0.0426. The van der Waals surface area contributed by atoms with Gasteiger partial charge in [0.2, 0.25) is 5.91 Å². The average Bonchev–Trinajstić information content (AvgIpc) is 2.48. The molecule has 0 radical (unpaired) electrons. The predicted octanol–water partition coefficient (Wildman–Crippen LogP) is 3.10. The van der Waals surface area contributed by atoms with Gasteiger partial charge in [0.25, 0.3) is 0 Å². The first-order valence-electron chi connectivity index (χ1n) is 7.13. The molecule has 2 rings (SSSR count). The van der Waals surface area contributed by atoms with E-state index in [0.29, 0.717) is 12.1 Å². The highest BCUT2D eigenvalue weighted by Gasteiger charge is 2.09. The zero-order valence-corrected chi connectivity index (χ0v) is 12.1. The van der Waals surface area contributed by atoms with Crippen LogP contribution in [0.4, 0.5) is 5.69 Å². The standard InChI is InChI=1S/C17H20N2O2/c1-13(20)15-9-2-3-10-16(15)19-17(21)11-6-8-14-7-4-5-12-18-14/h2-5,7,9-10,12-13,20H,6,8,11H2,1H3,(H,19,21). The van der Waals surface area contributed by atoms with Gasteiger partial charge in [0, 0.05) is 29.6 Å². The topological polar surface area (TPSA) is 62.2 Å². The molecule has 0 spiro atoms. The maximum Gasteiger partial charge on any atom is 0.224 e. The third-order valence-electron chi connectivity index (χ3n) is 3.25. The number of nitrogens with one attached hydrogen (secondary N) is 1. The van der Waals surface area contributed by atoms with Crippen LogP contribution < -0.4 is 5.32 Å². The van der Waals surface area contributed by atoms with Crippen LogP contribution in [0, 0.1) is 0 Å². The Kier molecular flexibility index (Phi) is 5.46. The van der Waals surface area contributed by atoms with E-state index in [1.807, 2.05) is 36.4 Å². The molecule has 1 atom stereocenters. The number of amides is 1. The smallest absolute Gasteiger partial charge is 0.224 e. The molecule has 2 aromatic rings. The van der Waals surface area contributed by atoms with Crippen molar-refractivity contribution in [2.75, 3.05) is 5.32 Å². The molecule has 1 aromatic carbocycles. The Balaban J connectivity index is 1.85. The number of hydrogen-bond acceptors (Lipinski definition) is 3. The van der Waals surface area contributed by atoms with Gasteiger partial charge in [-0.1, -0.05) is 24.3 Å². The van der Waals surface area contributed by atoms with E-state index < -0.39 is 6.10 Å². The second-order valence-electron chi connectivity index (χ2n) is 4.99. The van der Waals surface area contributed by atoms with Crippen molar-refractivity contribution in [3.05, 3.63) is 59.9 Å². The number of aliphatic hydroxyl groups is 1. The van der Waals surface area contributed by atoms with E-state index in [9.17, 15) is 9.90 Å². The molecule has 0 saturated carbocycles. The largest absolute Gasteiger partial charge is 0.389 e. The average molecular weight is 284 g/mol. The van der Waals surface area contributed by atoms with Crippen LogP contribution in [0.1, 0.15) is 37.1 Å². The van der Waals surface area contributed by atoms with Gasteiger partial charge in [-0.15, -0.1) is 0 Å². The predicted molar refractivity (Wildman–Crippen MR) is 82.9 cm³/mol. The van der Waals surface area contributed by atoms with Gasteiger partial charge in [-0.2, -0.15) is 0 Å². The number of anilines is 1. The van der Waals surface area contributed by atoms with Crippen molar-refractivity contribution in [2.45, 2.75) is 32.3 Å². The number of rotatable bonds is 6. The maximum absolute atomic E-state index is 12.0. The van der Waals surface area contributed by atoms with Crippen LogP contribution in [0.5, 0.6) is 0 Å². The highest BCUT2D eigenvalue weighted by molar-refractivity contribution is 5.91. The molecule has 1 amide bonds. The molecule has 0 saturated heterocycles. The van der Waals surface area contributed by atoms with Gasteiger partial charge >= 0.3 is 0 Å². The summed E-state index contributed by atoms with van der Waals surface area (Å²) in [6.07, 6.45) is 3.13. The Morgan fingerprint density at radius 3 is 2.71 bits per heavy atom. The van der Waals surface area contributed by atoms with Crippen LogP contribution in [0.25, 0.3) is 0 Å². The number of hydrogen-bond donors (Lipinski definition) is 2. The van der Waals surface area contributed by atoms with E-state index in [2.05, 4.69) is 10.3 Å². The van der Waals surface area contributed by atoms with Gasteiger partial charge in [0.1, 0.15) is 0 Å². The van der Waals surface area contributed by atoms with Gasteiger partial charge in [0.15, 0.2) is 0 Å². The summed E-state index contributed by atoms with van der Waals surface area (Å²) in [5, 5.41) is 12.5. The van der Waals surface area contributed by atoms with Crippen molar-refractivity contribution >= 4 is 11.6 Å². The number of aryl methyl sites for hydroxylation is 1. The van der Waals surface area contributed by atoms with E-state index >= 15 is 0 Å². The van der Waals surface area contributed by atoms with Crippen molar-refractivity contribution < 1.29 is 9.90 Å². The first kappa shape index (κ1) is 15.2. The minimum absolute atomic E-state index is 0.0426. The minimum atomic E-state index is -0.602. The molecular formula is C17H20N2O2. The zero-order valence-electron chi connectivity index (χ0n) is 12.1. The third kappa shape index (κ3) is 4.68. The molecule has 110 valence electrons. The Morgan fingerprint density at radius 1 is 1.24 bits per heavy atom. The summed E-state index contributed by atoms with van der Waals surface area (Å²) >= 11 is 0. The fraction of sp³-hybridized carbons (Fsp3) is 0.294. The van der Waals surface area contributed by atoms with Gasteiger partial charge < -0.3 is 10.4 Å². The van der Waals surface area contributed by atoms with Crippen LogP contribution in [0.3, 0.4) is 0 Å². The Hall–Kier alpha value is -2.20. The molecule has 0 bridgehead atoms. The summed E-state index contributed by atoms with van der Waals surface area (Å²) in [6, 6.07) is 13.1. The van der Waals surface area contributed by atoms with Crippen molar-refractivity contribution in [3.63, 3.8) is 0 Å². The summed E-state index contributed by atoms with van der Waals surface area (Å²) in [6.45, 7) is 1.69. The molecule has 1 unspecified atom stereocenters. The number of nitrogens with zero attached hydrogens (tertiary/aromatic N) is 1. The lowest BCUT2D eigenvalue weighted by Gasteiger charge is -2.12. The van der Waals surface area contributed by atoms with Gasteiger partial charge in [0.05, 0.1) is 6.10 Å². The molecule has 1 aromatic heterocycles. The van der Waals surface area contributed by atoms with E-state index in [1.165, 1.54) is 0 Å². The number of para-hydroxylation sites is 1. The number of pyridine rings is 1. The van der Waals surface area contributed by atoms with E-state index in [1.54, 1.807) is 19.2 Å². The van der Waals surface area contributed by atoms with Gasteiger partial charge in [-0.25, -0.2) is 0 Å². The highest BCUT2D eigenvalue weighted by Crippen LogP contribution is 2.22. The first-order valence-corrected chi connectivity index (χ1v) is 7.13. The molecule has 4 heteroatoms. The lowest BCUT2D eigenvalue weighted by Crippen LogP contribution is -2.13. The van der Waals surface area contributed by atoms with Gasteiger partial charge in [-0.3, -0.25) is 9.78 Å². The fourth-order valence-corrected chi connectivity index (χ4v) is 2.16. The van der Waals surface area contributed by atoms with E-state index in [4.69, 9.17) is 0 Å². The molecule has 21 heavy (non-hydrogen) atoms. The van der Waals surface area contributed by atoms with Gasteiger partial charge in [-0.05, 0) is 38.0 Å². The van der Waals surface area contributed by atoms with Crippen LogP contribution in [-0.4, -0.2) is 16.0 Å². The molecular weight excluding hydrogens is 264 g/mol. The Labute approximate surface area is 124 Å². The maximum atomic E-state index is 12.0.